The van der Waals surface area contributed by atoms with Crippen LogP contribution < -0.4 is 0 Å². The predicted molar refractivity (Wildman–Crippen MR) is 129 cm³/mol. The van der Waals surface area contributed by atoms with Crippen LogP contribution in [0.1, 0.15) is 58.8 Å². The van der Waals surface area contributed by atoms with E-state index in [1.807, 2.05) is 6.92 Å². The van der Waals surface area contributed by atoms with E-state index in [1.54, 1.807) is 17.0 Å². The molecular formula is C24H36ClN3O4S. The molecule has 1 unspecified atom stereocenters. The number of rotatable bonds is 5. The van der Waals surface area contributed by atoms with Gasteiger partial charge in [-0.25, -0.2) is 13.2 Å². The lowest BCUT2D eigenvalue weighted by Crippen LogP contribution is -2.52. The van der Waals surface area contributed by atoms with Crippen molar-refractivity contribution in [1.82, 2.24) is 14.1 Å². The Labute approximate surface area is 203 Å². The Balaban J connectivity index is 1.35. The molecule has 184 valence electrons. The minimum atomic E-state index is -3.71. The summed E-state index contributed by atoms with van der Waals surface area (Å²) in [5.74, 6) is 0. The molecule has 7 nitrogen and oxygen atoms in total. The molecule has 3 saturated heterocycles. The van der Waals surface area contributed by atoms with Gasteiger partial charge in [-0.05, 0) is 83.2 Å². The van der Waals surface area contributed by atoms with Crippen molar-refractivity contribution in [1.29, 1.82) is 0 Å². The zero-order valence-corrected chi connectivity index (χ0v) is 21.2. The van der Waals surface area contributed by atoms with Crippen molar-refractivity contribution < 1.29 is 17.9 Å². The van der Waals surface area contributed by atoms with Crippen LogP contribution in [0.2, 0.25) is 5.02 Å². The molecule has 3 atom stereocenters. The van der Waals surface area contributed by atoms with Gasteiger partial charge in [-0.15, -0.1) is 0 Å². The number of hydrogen-bond donors (Lipinski definition) is 0. The van der Waals surface area contributed by atoms with E-state index in [2.05, 4.69) is 11.8 Å². The number of likely N-dealkylation sites (tertiary alicyclic amines) is 2. The Kier molecular flexibility index (Phi) is 7.88. The molecule has 3 fully saturated rings. The smallest absolute Gasteiger partial charge is 0.409 e. The second-order valence-electron chi connectivity index (χ2n) is 9.75. The van der Waals surface area contributed by atoms with Crippen LogP contribution in [0.15, 0.2) is 29.2 Å². The van der Waals surface area contributed by atoms with Crippen molar-refractivity contribution in [3.05, 3.63) is 29.3 Å². The molecule has 3 aliphatic rings. The van der Waals surface area contributed by atoms with Gasteiger partial charge < -0.3 is 9.64 Å². The van der Waals surface area contributed by atoms with Crippen LogP contribution in [0.4, 0.5) is 4.79 Å². The number of ether oxygens (including phenoxy) is 1. The Hall–Kier alpha value is -1.35. The molecule has 3 aliphatic heterocycles. The Morgan fingerprint density at radius 1 is 0.970 bits per heavy atom. The summed E-state index contributed by atoms with van der Waals surface area (Å²) < 4.78 is 34.0. The van der Waals surface area contributed by atoms with E-state index in [0.29, 0.717) is 36.6 Å². The molecule has 0 radical (unpaired) electrons. The molecule has 4 rings (SSSR count). The monoisotopic (exact) mass is 497 g/mol. The molecule has 0 aromatic heterocycles. The number of halogens is 1. The Morgan fingerprint density at radius 2 is 1.64 bits per heavy atom. The molecule has 0 spiro atoms. The summed E-state index contributed by atoms with van der Waals surface area (Å²) in [6.07, 6.45) is 6.52. The SMILES string of the molecule is CC1CCCN1C1CCN(C(=O)OC[C@H]2CCC[C@@H](C)N2S(=O)(=O)c2ccc(Cl)cc2)CC1. The van der Waals surface area contributed by atoms with Crippen LogP contribution >= 0.6 is 11.6 Å². The second kappa shape index (κ2) is 10.5. The van der Waals surface area contributed by atoms with Crippen molar-refractivity contribution in [3.63, 3.8) is 0 Å². The molecule has 1 aromatic carbocycles. The predicted octanol–water partition coefficient (Wildman–Crippen LogP) is 4.36. The summed E-state index contributed by atoms with van der Waals surface area (Å²) in [5.41, 5.74) is 0. The largest absolute Gasteiger partial charge is 0.448 e. The van der Waals surface area contributed by atoms with Crippen molar-refractivity contribution in [2.75, 3.05) is 26.2 Å². The molecule has 0 saturated carbocycles. The zero-order valence-electron chi connectivity index (χ0n) is 19.7. The standard InChI is InChI=1S/C24H36ClN3O4S/c1-18-6-4-14-27(18)21-12-15-26(16-13-21)24(29)32-17-22-7-3-5-19(2)28(22)33(30,31)23-10-8-20(25)9-11-23/h8-11,18-19,21-22H,3-7,12-17H2,1-2H3/t18?,19-,22-/m1/s1. The van der Waals surface area contributed by atoms with E-state index in [0.717, 1.165) is 32.2 Å². The number of piperidine rings is 2. The van der Waals surface area contributed by atoms with E-state index in [9.17, 15) is 13.2 Å². The van der Waals surface area contributed by atoms with Crippen molar-refractivity contribution in [2.24, 2.45) is 0 Å². The number of benzene rings is 1. The fourth-order valence-electron chi connectivity index (χ4n) is 5.72. The fourth-order valence-corrected chi connectivity index (χ4v) is 7.71. The van der Waals surface area contributed by atoms with Gasteiger partial charge >= 0.3 is 6.09 Å². The van der Waals surface area contributed by atoms with Gasteiger partial charge in [0.2, 0.25) is 10.0 Å². The zero-order chi connectivity index (χ0) is 23.6. The molecule has 0 aliphatic carbocycles. The van der Waals surface area contributed by atoms with Gasteiger partial charge in [-0.2, -0.15) is 4.31 Å². The third-order valence-electron chi connectivity index (χ3n) is 7.54. The first kappa shape index (κ1) is 24.8. The highest BCUT2D eigenvalue weighted by atomic mass is 35.5. The van der Waals surface area contributed by atoms with Crippen LogP contribution in [0.5, 0.6) is 0 Å². The maximum atomic E-state index is 13.4. The third kappa shape index (κ3) is 5.50. The summed E-state index contributed by atoms with van der Waals surface area (Å²) in [5, 5.41) is 0.495. The first-order valence-corrected chi connectivity index (χ1v) is 14.1. The van der Waals surface area contributed by atoms with Gasteiger partial charge in [0.05, 0.1) is 10.9 Å². The van der Waals surface area contributed by atoms with Gasteiger partial charge in [0.1, 0.15) is 6.61 Å². The van der Waals surface area contributed by atoms with Gasteiger partial charge in [-0.3, -0.25) is 4.90 Å². The molecular weight excluding hydrogens is 462 g/mol. The quantitative estimate of drug-likeness (QED) is 0.604. The van der Waals surface area contributed by atoms with Gasteiger partial charge in [0, 0.05) is 36.2 Å². The van der Waals surface area contributed by atoms with Gasteiger partial charge in [0.15, 0.2) is 0 Å². The summed E-state index contributed by atoms with van der Waals surface area (Å²) in [6.45, 7) is 6.85. The van der Waals surface area contributed by atoms with Crippen LogP contribution in [-0.2, 0) is 14.8 Å². The van der Waals surface area contributed by atoms with E-state index < -0.39 is 10.0 Å². The number of carbonyl (C=O) groups is 1. The lowest BCUT2D eigenvalue weighted by Gasteiger charge is -2.40. The van der Waals surface area contributed by atoms with Crippen molar-refractivity contribution in [3.8, 4) is 0 Å². The highest BCUT2D eigenvalue weighted by Crippen LogP contribution is 2.31. The molecule has 3 heterocycles. The highest BCUT2D eigenvalue weighted by molar-refractivity contribution is 7.89. The molecule has 1 aromatic rings. The number of hydrogen-bond acceptors (Lipinski definition) is 5. The van der Waals surface area contributed by atoms with Gasteiger partial charge in [0.25, 0.3) is 0 Å². The first-order chi connectivity index (χ1) is 15.8. The van der Waals surface area contributed by atoms with E-state index >= 15 is 0 Å². The molecule has 33 heavy (non-hydrogen) atoms. The summed E-state index contributed by atoms with van der Waals surface area (Å²) in [6, 6.07) is 6.92. The fraction of sp³-hybridized carbons (Fsp3) is 0.708. The molecule has 0 bridgehead atoms. The normalized spacial score (nSPS) is 28.2. The minimum Gasteiger partial charge on any atom is -0.448 e. The Bertz CT molecular complexity index is 918. The Morgan fingerprint density at radius 3 is 2.27 bits per heavy atom. The second-order valence-corrected chi connectivity index (χ2v) is 12.0. The summed E-state index contributed by atoms with van der Waals surface area (Å²) in [4.78, 5) is 17.4. The minimum absolute atomic E-state index is 0.0824. The lowest BCUT2D eigenvalue weighted by molar-refractivity contribution is 0.0483. The maximum absolute atomic E-state index is 13.4. The first-order valence-electron chi connectivity index (χ1n) is 12.2. The van der Waals surface area contributed by atoms with Crippen LogP contribution in [0, 0.1) is 0 Å². The average Bonchev–Trinajstić information content (AvgIpc) is 3.23. The van der Waals surface area contributed by atoms with Crippen LogP contribution in [0.3, 0.4) is 0 Å². The third-order valence-corrected chi connectivity index (χ3v) is 9.87. The lowest BCUT2D eigenvalue weighted by atomic mass is 10.0. The number of amides is 1. The van der Waals surface area contributed by atoms with Crippen molar-refractivity contribution >= 4 is 27.7 Å². The molecule has 0 N–H and O–H groups in total. The number of carbonyl (C=O) groups excluding carboxylic acids is 1. The summed E-state index contributed by atoms with van der Waals surface area (Å²) >= 11 is 5.94. The molecule has 9 heteroatoms. The van der Waals surface area contributed by atoms with E-state index in [-0.39, 0.29) is 29.7 Å². The van der Waals surface area contributed by atoms with E-state index in [4.69, 9.17) is 16.3 Å². The summed E-state index contributed by atoms with van der Waals surface area (Å²) in [7, 11) is -3.71. The maximum Gasteiger partial charge on any atom is 0.409 e. The van der Waals surface area contributed by atoms with Crippen LogP contribution in [0.25, 0.3) is 0 Å². The number of sulfonamides is 1. The highest BCUT2D eigenvalue weighted by Gasteiger charge is 2.39. The van der Waals surface area contributed by atoms with Crippen molar-refractivity contribution in [2.45, 2.75) is 87.9 Å². The average molecular weight is 498 g/mol. The van der Waals surface area contributed by atoms with Gasteiger partial charge in [-0.1, -0.05) is 18.0 Å². The topological polar surface area (TPSA) is 70.2 Å². The molecule has 1 amide bonds. The van der Waals surface area contributed by atoms with E-state index in [1.165, 1.54) is 29.3 Å². The number of nitrogens with zero attached hydrogens (tertiary/aromatic N) is 3. The van der Waals surface area contributed by atoms with Crippen LogP contribution in [-0.4, -0.2) is 79.0 Å².